The summed E-state index contributed by atoms with van der Waals surface area (Å²) in [6, 6.07) is 6.93. The van der Waals surface area contributed by atoms with Crippen LogP contribution < -0.4 is 5.01 Å². The highest BCUT2D eigenvalue weighted by Gasteiger charge is 2.46. The topological polar surface area (TPSA) is 76.4 Å². The lowest BCUT2D eigenvalue weighted by Crippen LogP contribution is -2.45. The Morgan fingerprint density at radius 1 is 1.39 bits per heavy atom. The Hall–Kier alpha value is -2.25. The van der Waals surface area contributed by atoms with Gasteiger partial charge in [0.25, 0.3) is 11.8 Å². The van der Waals surface area contributed by atoms with Crippen LogP contribution in [0.2, 0.25) is 0 Å². The van der Waals surface area contributed by atoms with Gasteiger partial charge < -0.3 is 14.9 Å². The number of rotatable bonds is 6. The van der Waals surface area contributed by atoms with Gasteiger partial charge >= 0.3 is 0 Å². The molecule has 7 nitrogen and oxygen atoms in total. The second kappa shape index (κ2) is 8.01. The predicted molar refractivity (Wildman–Crippen MR) is 109 cm³/mol. The van der Waals surface area contributed by atoms with Crippen molar-refractivity contribution in [3.05, 3.63) is 29.8 Å². The van der Waals surface area contributed by atoms with E-state index in [0.29, 0.717) is 29.4 Å². The molecular weight excluding hydrogens is 356 g/mol. The zero-order valence-electron chi connectivity index (χ0n) is 17.2. The van der Waals surface area contributed by atoms with Crippen molar-refractivity contribution in [2.24, 2.45) is 11.0 Å². The Morgan fingerprint density at radius 2 is 2.14 bits per heavy atom. The molecule has 1 aromatic carbocycles. The van der Waals surface area contributed by atoms with Crippen molar-refractivity contribution in [3.8, 4) is 0 Å². The molecule has 0 radical (unpaired) electrons. The van der Waals surface area contributed by atoms with Crippen molar-refractivity contribution in [1.82, 2.24) is 9.80 Å². The van der Waals surface area contributed by atoms with E-state index in [1.54, 1.807) is 38.1 Å². The molecule has 1 aromatic rings. The van der Waals surface area contributed by atoms with Crippen molar-refractivity contribution in [2.45, 2.75) is 39.2 Å². The second-order valence-electron chi connectivity index (χ2n) is 7.83. The number of likely N-dealkylation sites (tertiary alicyclic amines) is 1. The molecule has 0 saturated carbocycles. The van der Waals surface area contributed by atoms with Gasteiger partial charge in [-0.2, -0.15) is 10.1 Å². The Kier molecular flexibility index (Phi) is 5.86. The molecule has 2 amide bonds. The van der Waals surface area contributed by atoms with E-state index < -0.39 is 11.5 Å². The molecule has 2 aliphatic rings. The first-order chi connectivity index (χ1) is 13.3. The number of aliphatic hydroxyl groups is 1. The first-order valence-electron chi connectivity index (χ1n) is 10.0. The van der Waals surface area contributed by atoms with Gasteiger partial charge in [0, 0.05) is 25.2 Å². The summed E-state index contributed by atoms with van der Waals surface area (Å²) in [5.74, 6) is -0.0282. The van der Waals surface area contributed by atoms with Gasteiger partial charge in [-0.1, -0.05) is 13.0 Å². The smallest absolute Gasteiger partial charge is 0.285 e. The van der Waals surface area contributed by atoms with Gasteiger partial charge in [-0.25, -0.2) is 0 Å². The summed E-state index contributed by atoms with van der Waals surface area (Å²) in [7, 11) is 2.11. The summed E-state index contributed by atoms with van der Waals surface area (Å²) in [6.45, 7) is 8.84. The van der Waals surface area contributed by atoms with E-state index >= 15 is 0 Å². The van der Waals surface area contributed by atoms with Gasteiger partial charge in [-0.15, -0.1) is 0 Å². The first-order valence-corrected chi connectivity index (χ1v) is 10.0. The van der Waals surface area contributed by atoms with Crippen LogP contribution in [0.5, 0.6) is 0 Å². The molecule has 7 heteroatoms. The number of anilines is 1. The van der Waals surface area contributed by atoms with Crippen LogP contribution in [0.15, 0.2) is 29.4 Å². The van der Waals surface area contributed by atoms with Gasteiger partial charge in [0.1, 0.15) is 0 Å². The minimum atomic E-state index is -1.57. The number of nitrogens with zero attached hydrogens (tertiary/aromatic N) is 4. The van der Waals surface area contributed by atoms with Crippen LogP contribution in [-0.2, 0) is 4.79 Å². The van der Waals surface area contributed by atoms with E-state index in [2.05, 4.69) is 17.0 Å². The summed E-state index contributed by atoms with van der Waals surface area (Å²) in [5, 5.41) is 16.0. The number of hydrogen-bond donors (Lipinski definition) is 1. The molecule has 28 heavy (non-hydrogen) atoms. The highest BCUT2D eigenvalue weighted by molar-refractivity contribution is 6.21. The van der Waals surface area contributed by atoms with Crippen molar-refractivity contribution in [2.75, 3.05) is 38.2 Å². The molecule has 1 N–H and O–H groups in total. The van der Waals surface area contributed by atoms with E-state index in [4.69, 9.17) is 0 Å². The summed E-state index contributed by atoms with van der Waals surface area (Å²) in [5.41, 5.74) is -0.170. The Bertz CT molecular complexity index is 794. The van der Waals surface area contributed by atoms with Crippen LogP contribution in [0.4, 0.5) is 5.69 Å². The molecule has 2 atom stereocenters. The Balaban J connectivity index is 1.79. The van der Waals surface area contributed by atoms with E-state index in [1.165, 1.54) is 5.01 Å². The monoisotopic (exact) mass is 386 g/mol. The third-order valence-electron chi connectivity index (χ3n) is 5.88. The van der Waals surface area contributed by atoms with Crippen LogP contribution in [-0.4, -0.2) is 71.3 Å². The molecule has 0 aliphatic carbocycles. The number of benzene rings is 1. The number of amides is 2. The fraction of sp³-hybridized carbons (Fsp3) is 0.571. The van der Waals surface area contributed by atoms with Gasteiger partial charge in [0.2, 0.25) is 0 Å². The SMILES string of the molecule is CCN(CC1CCN(C)C1)C(=O)c1cccc(N2N=C(C)C(O)(CC)C2=O)c1. The number of carbonyl (C=O) groups is 2. The van der Waals surface area contributed by atoms with E-state index in [-0.39, 0.29) is 12.3 Å². The average molecular weight is 386 g/mol. The van der Waals surface area contributed by atoms with Crippen molar-refractivity contribution in [1.29, 1.82) is 0 Å². The van der Waals surface area contributed by atoms with Crippen LogP contribution in [0, 0.1) is 5.92 Å². The molecule has 2 heterocycles. The molecule has 0 spiro atoms. The third-order valence-corrected chi connectivity index (χ3v) is 5.88. The molecular formula is C21H30N4O3. The Labute approximate surface area is 166 Å². The van der Waals surface area contributed by atoms with E-state index in [0.717, 1.165) is 26.1 Å². The molecule has 1 saturated heterocycles. The van der Waals surface area contributed by atoms with Crippen LogP contribution >= 0.6 is 0 Å². The second-order valence-corrected chi connectivity index (χ2v) is 7.83. The van der Waals surface area contributed by atoms with Crippen molar-refractivity contribution in [3.63, 3.8) is 0 Å². The van der Waals surface area contributed by atoms with Gasteiger partial charge in [-0.05, 0) is 64.4 Å². The molecule has 3 rings (SSSR count). The molecule has 2 unspecified atom stereocenters. The zero-order chi connectivity index (χ0) is 20.5. The van der Waals surface area contributed by atoms with E-state index in [1.807, 2.05) is 11.8 Å². The lowest BCUT2D eigenvalue weighted by Gasteiger charge is -2.25. The lowest BCUT2D eigenvalue weighted by molar-refractivity contribution is -0.129. The quantitative estimate of drug-likeness (QED) is 0.811. The molecule has 0 aromatic heterocycles. The minimum Gasteiger partial charge on any atom is -0.374 e. The summed E-state index contributed by atoms with van der Waals surface area (Å²) in [6.07, 6.45) is 1.36. The third kappa shape index (κ3) is 3.69. The number of hydrazone groups is 1. The molecule has 152 valence electrons. The number of carbonyl (C=O) groups excluding carboxylic acids is 2. The van der Waals surface area contributed by atoms with Crippen molar-refractivity contribution < 1.29 is 14.7 Å². The lowest BCUT2D eigenvalue weighted by atomic mass is 9.95. The van der Waals surface area contributed by atoms with Gasteiger partial charge in [0.05, 0.1) is 11.4 Å². The van der Waals surface area contributed by atoms with Gasteiger partial charge in [-0.3, -0.25) is 9.59 Å². The van der Waals surface area contributed by atoms with Crippen LogP contribution in [0.3, 0.4) is 0 Å². The fourth-order valence-corrected chi connectivity index (χ4v) is 3.99. The normalized spacial score (nSPS) is 25.3. The summed E-state index contributed by atoms with van der Waals surface area (Å²) < 4.78 is 0. The zero-order valence-corrected chi connectivity index (χ0v) is 17.2. The maximum atomic E-state index is 13.1. The average Bonchev–Trinajstić information content (AvgIpc) is 3.21. The number of hydrogen-bond acceptors (Lipinski definition) is 5. The maximum Gasteiger partial charge on any atom is 0.285 e. The minimum absolute atomic E-state index is 0.0444. The highest BCUT2D eigenvalue weighted by atomic mass is 16.3. The van der Waals surface area contributed by atoms with Crippen LogP contribution in [0.25, 0.3) is 0 Å². The standard InChI is InChI=1S/C21H30N4O3/c1-5-21(28)15(3)22-25(20(21)27)18-9-7-8-17(12-18)19(26)24(6-2)14-16-10-11-23(4)13-16/h7-9,12,16,28H,5-6,10-11,13-14H2,1-4H3. The van der Waals surface area contributed by atoms with Gasteiger partial charge in [0.15, 0.2) is 5.60 Å². The largest absolute Gasteiger partial charge is 0.374 e. The maximum absolute atomic E-state index is 13.1. The molecule has 2 aliphatic heterocycles. The summed E-state index contributed by atoms with van der Waals surface area (Å²) >= 11 is 0. The van der Waals surface area contributed by atoms with Crippen LogP contribution in [0.1, 0.15) is 44.0 Å². The van der Waals surface area contributed by atoms with Crippen molar-refractivity contribution >= 4 is 23.2 Å². The molecule has 1 fully saturated rings. The predicted octanol–water partition coefficient (Wildman–Crippen LogP) is 1.96. The summed E-state index contributed by atoms with van der Waals surface area (Å²) in [4.78, 5) is 29.9. The van der Waals surface area contributed by atoms with E-state index in [9.17, 15) is 14.7 Å². The first kappa shape index (κ1) is 20.5. The fourth-order valence-electron chi connectivity index (χ4n) is 3.99. The highest BCUT2D eigenvalue weighted by Crippen LogP contribution is 2.29. The Morgan fingerprint density at radius 3 is 2.71 bits per heavy atom. The molecule has 0 bridgehead atoms.